The van der Waals surface area contributed by atoms with Crippen molar-refractivity contribution in [2.45, 2.75) is 18.4 Å². The van der Waals surface area contributed by atoms with Crippen molar-refractivity contribution in [2.24, 2.45) is 11.5 Å². The zero-order valence-corrected chi connectivity index (χ0v) is 9.06. The highest BCUT2D eigenvalue weighted by atomic mass is 16.3. The molecule has 0 fully saturated rings. The van der Waals surface area contributed by atoms with Gasteiger partial charge in [0.25, 0.3) is 0 Å². The Hall–Kier alpha value is -1.52. The fourth-order valence-electron chi connectivity index (χ4n) is 1.73. The maximum absolute atomic E-state index is 6.23. The fraction of sp³-hybridized carbons (Fsp3) is 0.333. The molecule has 0 unspecified atom stereocenters. The minimum Gasteiger partial charge on any atom is -0.469 e. The van der Waals surface area contributed by atoms with Crippen molar-refractivity contribution in [3.8, 4) is 0 Å². The summed E-state index contributed by atoms with van der Waals surface area (Å²) in [7, 11) is 0. The van der Waals surface area contributed by atoms with Crippen molar-refractivity contribution in [3.63, 3.8) is 0 Å². The molecule has 0 amide bonds. The second kappa shape index (κ2) is 4.55. The number of rotatable bonds is 5. The van der Waals surface area contributed by atoms with Gasteiger partial charge in [-0.2, -0.15) is 0 Å². The van der Waals surface area contributed by atoms with E-state index in [-0.39, 0.29) is 0 Å². The summed E-state index contributed by atoms with van der Waals surface area (Å²) in [4.78, 5) is 0. The van der Waals surface area contributed by atoms with E-state index < -0.39 is 5.54 Å². The van der Waals surface area contributed by atoms with Crippen LogP contribution in [0.5, 0.6) is 0 Å². The highest BCUT2D eigenvalue weighted by Crippen LogP contribution is 2.16. The van der Waals surface area contributed by atoms with Gasteiger partial charge in [0, 0.05) is 24.9 Å². The van der Waals surface area contributed by atoms with Crippen LogP contribution in [0, 0.1) is 0 Å². The van der Waals surface area contributed by atoms with E-state index in [1.807, 2.05) is 24.3 Å². The zero-order chi connectivity index (χ0) is 11.4. The topological polar surface area (TPSA) is 78.3 Å². The van der Waals surface area contributed by atoms with Crippen molar-refractivity contribution in [2.75, 3.05) is 6.54 Å². The molecule has 0 saturated carbocycles. The van der Waals surface area contributed by atoms with Gasteiger partial charge in [-0.1, -0.05) is 0 Å². The van der Waals surface area contributed by atoms with Crippen LogP contribution in [-0.4, -0.2) is 12.1 Å². The van der Waals surface area contributed by atoms with Crippen LogP contribution in [0.2, 0.25) is 0 Å². The fourth-order valence-corrected chi connectivity index (χ4v) is 1.73. The maximum Gasteiger partial charge on any atom is 0.105 e. The summed E-state index contributed by atoms with van der Waals surface area (Å²) in [5, 5.41) is 0. The third-order valence-electron chi connectivity index (χ3n) is 2.62. The third kappa shape index (κ3) is 2.53. The molecule has 2 heterocycles. The van der Waals surface area contributed by atoms with Gasteiger partial charge >= 0.3 is 0 Å². The van der Waals surface area contributed by atoms with Crippen molar-refractivity contribution in [3.05, 3.63) is 48.3 Å². The molecule has 0 radical (unpaired) electrons. The Morgan fingerprint density at radius 1 is 1.00 bits per heavy atom. The van der Waals surface area contributed by atoms with E-state index >= 15 is 0 Å². The molecule has 0 bridgehead atoms. The van der Waals surface area contributed by atoms with Gasteiger partial charge in [-0.15, -0.1) is 0 Å². The van der Waals surface area contributed by atoms with Crippen molar-refractivity contribution in [1.29, 1.82) is 0 Å². The standard InChI is InChI=1S/C12H16N2O2/c13-9-12(14,7-10-3-1-5-15-10)8-11-4-2-6-16-11/h1-6H,7-9,13-14H2. The number of hydrogen-bond acceptors (Lipinski definition) is 4. The summed E-state index contributed by atoms with van der Waals surface area (Å²) < 4.78 is 10.6. The molecule has 86 valence electrons. The molecule has 0 saturated heterocycles. The first-order chi connectivity index (χ1) is 7.72. The Labute approximate surface area is 94.2 Å². The summed E-state index contributed by atoms with van der Waals surface area (Å²) in [5.74, 6) is 1.69. The molecule has 0 aromatic carbocycles. The highest BCUT2D eigenvalue weighted by Gasteiger charge is 2.26. The lowest BCUT2D eigenvalue weighted by atomic mass is 9.90. The molecule has 2 rings (SSSR count). The monoisotopic (exact) mass is 220 g/mol. The maximum atomic E-state index is 6.23. The smallest absolute Gasteiger partial charge is 0.105 e. The Morgan fingerprint density at radius 3 is 1.81 bits per heavy atom. The predicted molar refractivity (Wildman–Crippen MR) is 60.8 cm³/mol. The van der Waals surface area contributed by atoms with Gasteiger partial charge in [0.15, 0.2) is 0 Å². The van der Waals surface area contributed by atoms with Crippen molar-refractivity contribution in [1.82, 2.24) is 0 Å². The highest BCUT2D eigenvalue weighted by molar-refractivity contribution is 5.10. The SMILES string of the molecule is NCC(N)(Cc1ccco1)Cc1ccco1. The van der Waals surface area contributed by atoms with Crippen LogP contribution in [0.25, 0.3) is 0 Å². The number of nitrogens with two attached hydrogens (primary N) is 2. The largest absolute Gasteiger partial charge is 0.469 e. The van der Waals surface area contributed by atoms with E-state index in [2.05, 4.69) is 0 Å². The van der Waals surface area contributed by atoms with Gasteiger partial charge in [0.1, 0.15) is 11.5 Å². The van der Waals surface area contributed by atoms with E-state index in [1.54, 1.807) is 12.5 Å². The quantitative estimate of drug-likeness (QED) is 0.796. The first kappa shape index (κ1) is 11.0. The average Bonchev–Trinajstić information content (AvgIpc) is 2.91. The average molecular weight is 220 g/mol. The minimum atomic E-state index is -0.518. The zero-order valence-electron chi connectivity index (χ0n) is 9.06. The summed E-state index contributed by atoms with van der Waals surface area (Å²) in [5.41, 5.74) is 11.4. The van der Waals surface area contributed by atoms with Gasteiger partial charge in [-0.3, -0.25) is 0 Å². The van der Waals surface area contributed by atoms with Gasteiger partial charge in [0.2, 0.25) is 0 Å². The molecule has 4 nitrogen and oxygen atoms in total. The van der Waals surface area contributed by atoms with Crippen LogP contribution in [-0.2, 0) is 12.8 Å². The van der Waals surface area contributed by atoms with Crippen molar-refractivity contribution < 1.29 is 8.83 Å². The van der Waals surface area contributed by atoms with E-state index in [0.717, 1.165) is 11.5 Å². The lowest BCUT2D eigenvalue weighted by Gasteiger charge is -2.25. The Balaban J connectivity index is 2.07. The van der Waals surface area contributed by atoms with Crippen LogP contribution >= 0.6 is 0 Å². The lowest BCUT2D eigenvalue weighted by Crippen LogP contribution is -2.50. The van der Waals surface area contributed by atoms with Crippen LogP contribution in [0.3, 0.4) is 0 Å². The molecule has 0 spiro atoms. The molecule has 0 aliphatic heterocycles. The Kier molecular flexibility index (Phi) is 3.12. The molecule has 0 atom stereocenters. The molecule has 4 N–H and O–H groups in total. The van der Waals surface area contributed by atoms with Crippen LogP contribution < -0.4 is 11.5 Å². The van der Waals surface area contributed by atoms with Crippen LogP contribution in [0.15, 0.2) is 45.6 Å². The van der Waals surface area contributed by atoms with Gasteiger partial charge in [0.05, 0.1) is 12.5 Å². The molecule has 16 heavy (non-hydrogen) atoms. The molecule has 0 aliphatic carbocycles. The van der Waals surface area contributed by atoms with Crippen LogP contribution in [0.4, 0.5) is 0 Å². The van der Waals surface area contributed by atoms with Crippen LogP contribution in [0.1, 0.15) is 11.5 Å². The predicted octanol–water partition coefficient (Wildman–Crippen LogP) is 1.31. The molecule has 0 aliphatic rings. The minimum absolute atomic E-state index is 0.383. The van der Waals surface area contributed by atoms with E-state index in [1.165, 1.54) is 0 Å². The van der Waals surface area contributed by atoms with E-state index in [9.17, 15) is 0 Å². The Bertz CT molecular complexity index is 370. The summed E-state index contributed by atoms with van der Waals surface area (Å²) in [6.07, 6.45) is 4.49. The van der Waals surface area contributed by atoms with Crippen molar-refractivity contribution >= 4 is 0 Å². The summed E-state index contributed by atoms with van der Waals surface area (Å²) in [6.45, 7) is 0.383. The molecule has 4 heteroatoms. The second-order valence-corrected chi connectivity index (χ2v) is 4.08. The van der Waals surface area contributed by atoms with Gasteiger partial charge in [-0.25, -0.2) is 0 Å². The van der Waals surface area contributed by atoms with E-state index in [4.69, 9.17) is 20.3 Å². The lowest BCUT2D eigenvalue weighted by molar-refractivity contribution is 0.354. The number of hydrogen-bond donors (Lipinski definition) is 2. The summed E-state index contributed by atoms with van der Waals surface area (Å²) in [6, 6.07) is 7.50. The molecule has 2 aromatic heterocycles. The van der Waals surface area contributed by atoms with Gasteiger partial charge in [-0.05, 0) is 24.3 Å². The molecular weight excluding hydrogens is 204 g/mol. The van der Waals surface area contributed by atoms with E-state index in [0.29, 0.717) is 19.4 Å². The number of furan rings is 2. The first-order valence-corrected chi connectivity index (χ1v) is 5.26. The summed E-state index contributed by atoms with van der Waals surface area (Å²) >= 11 is 0. The third-order valence-corrected chi connectivity index (χ3v) is 2.62. The van der Waals surface area contributed by atoms with Gasteiger partial charge < -0.3 is 20.3 Å². The first-order valence-electron chi connectivity index (χ1n) is 5.26. The second-order valence-electron chi connectivity index (χ2n) is 4.08. The molecular formula is C12H16N2O2. The normalized spacial score (nSPS) is 11.9. The molecule has 2 aromatic rings. The Morgan fingerprint density at radius 2 is 1.50 bits per heavy atom.